The highest BCUT2D eigenvalue weighted by Crippen LogP contribution is 2.09. The van der Waals surface area contributed by atoms with Crippen LogP contribution in [0.25, 0.3) is 0 Å². The van der Waals surface area contributed by atoms with Crippen LogP contribution in [0.2, 0.25) is 0 Å². The lowest BCUT2D eigenvalue weighted by molar-refractivity contribution is 0.402. The van der Waals surface area contributed by atoms with Crippen LogP contribution in [0.5, 0.6) is 0 Å². The fourth-order valence-electron chi connectivity index (χ4n) is 2.51. The Morgan fingerprint density at radius 3 is 1.39 bits per heavy atom. The summed E-state index contributed by atoms with van der Waals surface area (Å²) in [4.78, 5) is 2.16. The Morgan fingerprint density at radius 1 is 0.652 bits per heavy atom. The van der Waals surface area contributed by atoms with Gasteiger partial charge in [0.15, 0.2) is 0 Å². The summed E-state index contributed by atoms with van der Waals surface area (Å²) < 4.78 is 0. The number of halogens is 1. The summed E-state index contributed by atoms with van der Waals surface area (Å²) in [6.45, 7) is 5.59. The van der Waals surface area contributed by atoms with Crippen molar-refractivity contribution in [2.45, 2.75) is 84.6 Å². The van der Waals surface area contributed by atoms with Crippen molar-refractivity contribution in [3.8, 4) is 0 Å². The first-order chi connectivity index (χ1) is 10.7. The van der Waals surface area contributed by atoms with Crippen LogP contribution < -0.4 is 0 Å². The van der Waals surface area contributed by atoms with Gasteiger partial charge in [0.05, 0.1) is 0 Å². The van der Waals surface area contributed by atoms with Gasteiger partial charge in [0.2, 0.25) is 0 Å². The molecule has 0 atom stereocenters. The highest BCUT2D eigenvalue weighted by atomic mass is 79.9. The van der Waals surface area contributed by atoms with Gasteiger partial charge in [-0.2, -0.15) is 0 Å². The maximum absolute atomic E-state index is 2.28. The topological polar surface area (TPSA) is 3.24 Å². The minimum absolute atomic E-state index is 0. The molecule has 0 aliphatic carbocycles. The van der Waals surface area contributed by atoms with Gasteiger partial charge in [-0.3, -0.25) is 0 Å². The normalized spacial score (nSPS) is 9.96. The lowest BCUT2D eigenvalue weighted by Gasteiger charge is -2.08. The number of unbranched alkanes of at least 4 members (excludes halogenated alkanes) is 9. The maximum atomic E-state index is 2.28. The van der Waals surface area contributed by atoms with Gasteiger partial charge in [-0.15, -0.1) is 17.0 Å². The Bertz CT molecular complexity index is 301. The number of hydrogen-bond acceptors (Lipinski definition) is 1. The summed E-state index contributed by atoms with van der Waals surface area (Å²) in [6.07, 6.45) is 14.4. The van der Waals surface area contributed by atoms with Crippen molar-refractivity contribution in [2.24, 2.45) is 0 Å². The smallest absolute Gasteiger partial charge is 0.0227 e. The molecule has 0 aromatic heterocycles. The third kappa shape index (κ3) is 19.6. The summed E-state index contributed by atoms with van der Waals surface area (Å²) in [7, 11) is 4.15. The molecule has 2 heteroatoms. The molecular weight excluding hydrogens is 346 g/mol. The predicted molar refractivity (Wildman–Crippen MR) is 112 cm³/mol. The SMILES string of the molecule is Br.CCCCCCCCCCCC.CN(C)Cc1ccccc1. The van der Waals surface area contributed by atoms with Crippen molar-refractivity contribution < 1.29 is 0 Å². The molecule has 0 aliphatic heterocycles. The van der Waals surface area contributed by atoms with Gasteiger partial charge in [0.25, 0.3) is 0 Å². The Kier molecular flexibility index (Phi) is 21.3. The molecule has 1 nitrogen and oxygen atoms in total. The molecule has 0 amide bonds. The molecule has 1 aromatic carbocycles. The number of nitrogens with zero attached hydrogens (tertiary/aromatic N) is 1. The zero-order chi connectivity index (χ0) is 16.5. The van der Waals surface area contributed by atoms with E-state index in [1.807, 2.05) is 6.07 Å². The van der Waals surface area contributed by atoms with Crippen LogP contribution in [0.1, 0.15) is 83.6 Å². The zero-order valence-electron chi connectivity index (χ0n) is 16.0. The van der Waals surface area contributed by atoms with Crippen molar-refractivity contribution in [2.75, 3.05) is 14.1 Å². The number of benzene rings is 1. The molecule has 0 heterocycles. The highest BCUT2D eigenvalue weighted by molar-refractivity contribution is 8.93. The predicted octanol–water partition coefficient (Wildman–Crippen LogP) is 7.25. The van der Waals surface area contributed by atoms with Crippen LogP contribution in [0.15, 0.2) is 30.3 Å². The fraction of sp³-hybridized carbons (Fsp3) is 0.714. The Balaban J connectivity index is 0. The number of hydrogen-bond donors (Lipinski definition) is 0. The largest absolute Gasteiger partial charge is 0.305 e. The molecule has 1 rings (SSSR count). The maximum Gasteiger partial charge on any atom is 0.0227 e. The Labute approximate surface area is 156 Å². The van der Waals surface area contributed by atoms with Gasteiger partial charge in [-0.05, 0) is 19.7 Å². The van der Waals surface area contributed by atoms with E-state index in [4.69, 9.17) is 0 Å². The first kappa shape index (κ1) is 24.9. The average Bonchev–Trinajstić information content (AvgIpc) is 2.51. The van der Waals surface area contributed by atoms with E-state index in [-0.39, 0.29) is 17.0 Å². The van der Waals surface area contributed by atoms with Crippen molar-refractivity contribution in [3.63, 3.8) is 0 Å². The van der Waals surface area contributed by atoms with Crippen LogP contribution in [-0.4, -0.2) is 19.0 Å². The molecule has 0 N–H and O–H groups in total. The van der Waals surface area contributed by atoms with Crippen LogP contribution in [0.3, 0.4) is 0 Å². The lowest BCUT2D eigenvalue weighted by atomic mass is 10.1. The lowest BCUT2D eigenvalue weighted by Crippen LogP contribution is -2.10. The van der Waals surface area contributed by atoms with E-state index in [2.05, 4.69) is 57.1 Å². The first-order valence-electron chi connectivity index (χ1n) is 9.39. The first-order valence-corrected chi connectivity index (χ1v) is 9.39. The summed E-state index contributed by atoms with van der Waals surface area (Å²) in [5.74, 6) is 0. The standard InChI is InChI=1S/C12H26.C9H13N.BrH/c1-3-5-7-9-11-12-10-8-6-4-2;1-10(2)8-9-6-4-3-5-7-9;/h3-12H2,1-2H3;3-7H,8H2,1-2H3;1H. The van der Waals surface area contributed by atoms with E-state index in [1.54, 1.807) is 0 Å². The molecule has 0 radical (unpaired) electrons. The number of rotatable bonds is 11. The van der Waals surface area contributed by atoms with Gasteiger partial charge >= 0.3 is 0 Å². The van der Waals surface area contributed by atoms with Crippen molar-refractivity contribution in [1.29, 1.82) is 0 Å². The molecule has 0 spiro atoms. The minimum Gasteiger partial charge on any atom is -0.305 e. The van der Waals surface area contributed by atoms with E-state index < -0.39 is 0 Å². The van der Waals surface area contributed by atoms with Crippen molar-refractivity contribution in [3.05, 3.63) is 35.9 Å². The van der Waals surface area contributed by atoms with E-state index in [9.17, 15) is 0 Å². The fourth-order valence-corrected chi connectivity index (χ4v) is 2.51. The van der Waals surface area contributed by atoms with Crippen LogP contribution in [-0.2, 0) is 6.54 Å². The third-order valence-corrected chi connectivity index (χ3v) is 3.80. The summed E-state index contributed by atoms with van der Waals surface area (Å²) in [6, 6.07) is 10.5. The zero-order valence-corrected chi connectivity index (χ0v) is 17.7. The van der Waals surface area contributed by atoms with Crippen LogP contribution in [0, 0.1) is 0 Å². The second kappa shape index (κ2) is 19.7. The van der Waals surface area contributed by atoms with Crippen LogP contribution >= 0.6 is 17.0 Å². The molecule has 136 valence electrons. The second-order valence-electron chi connectivity index (χ2n) is 6.55. The van der Waals surface area contributed by atoms with Gasteiger partial charge in [-0.1, -0.05) is 108 Å². The highest BCUT2D eigenvalue weighted by Gasteiger charge is 1.91. The van der Waals surface area contributed by atoms with Crippen LogP contribution in [0.4, 0.5) is 0 Å². The van der Waals surface area contributed by atoms with E-state index >= 15 is 0 Å². The second-order valence-corrected chi connectivity index (χ2v) is 6.55. The molecule has 0 saturated heterocycles. The Hall–Kier alpha value is -0.340. The molecule has 0 bridgehead atoms. The molecule has 23 heavy (non-hydrogen) atoms. The van der Waals surface area contributed by atoms with Gasteiger partial charge < -0.3 is 4.90 Å². The monoisotopic (exact) mass is 385 g/mol. The van der Waals surface area contributed by atoms with Crippen molar-refractivity contribution >= 4 is 17.0 Å². The molecule has 1 aromatic rings. The molecule has 0 aliphatic rings. The molecule has 0 fully saturated rings. The van der Waals surface area contributed by atoms with E-state index in [0.29, 0.717) is 0 Å². The van der Waals surface area contributed by atoms with Gasteiger partial charge in [-0.25, -0.2) is 0 Å². The molecule has 0 unspecified atom stereocenters. The molecule has 0 saturated carbocycles. The van der Waals surface area contributed by atoms with Crippen molar-refractivity contribution in [1.82, 2.24) is 4.90 Å². The summed E-state index contributed by atoms with van der Waals surface area (Å²) >= 11 is 0. The third-order valence-electron chi connectivity index (χ3n) is 3.80. The van der Waals surface area contributed by atoms with E-state index in [0.717, 1.165) is 6.54 Å². The molecular formula is C21H40BrN. The Morgan fingerprint density at radius 2 is 1.04 bits per heavy atom. The summed E-state index contributed by atoms with van der Waals surface area (Å²) in [5, 5.41) is 0. The average molecular weight is 386 g/mol. The van der Waals surface area contributed by atoms with Gasteiger partial charge in [0, 0.05) is 6.54 Å². The van der Waals surface area contributed by atoms with E-state index in [1.165, 1.54) is 69.8 Å². The van der Waals surface area contributed by atoms with Gasteiger partial charge in [0.1, 0.15) is 0 Å². The minimum atomic E-state index is 0. The quantitative estimate of drug-likeness (QED) is 0.362. The summed E-state index contributed by atoms with van der Waals surface area (Å²) in [5.41, 5.74) is 1.37.